The predicted molar refractivity (Wildman–Crippen MR) is 122 cm³/mol. The highest BCUT2D eigenvalue weighted by Gasteiger charge is 2.23. The second-order valence-electron chi connectivity index (χ2n) is 8.76. The summed E-state index contributed by atoms with van der Waals surface area (Å²) in [7, 11) is 0. The first-order valence-electron chi connectivity index (χ1n) is 11.0. The molecule has 1 fully saturated rings. The van der Waals surface area contributed by atoms with Crippen molar-refractivity contribution in [3.8, 4) is 0 Å². The first kappa shape index (κ1) is 24.1. The van der Waals surface area contributed by atoms with Crippen LogP contribution in [-0.2, 0) is 9.59 Å². The van der Waals surface area contributed by atoms with E-state index < -0.39 is 0 Å². The molecule has 6 heteroatoms. The van der Waals surface area contributed by atoms with Crippen molar-refractivity contribution in [1.82, 2.24) is 20.4 Å². The summed E-state index contributed by atoms with van der Waals surface area (Å²) in [6.07, 6.45) is 1.68. The van der Waals surface area contributed by atoms with Gasteiger partial charge in [-0.2, -0.15) is 0 Å². The molecule has 0 aromatic heterocycles. The lowest BCUT2D eigenvalue weighted by Crippen LogP contribution is -2.51. The monoisotopic (exact) mass is 414 g/mol. The van der Waals surface area contributed by atoms with Gasteiger partial charge >= 0.3 is 0 Å². The van der Waals surface area contributed by atoms with Crippen LogP contribution in [0.4, 0.5) is 0 Å². The molecule has 1 aromatic carbocycles. The molecule has 6 nitrogen and oxygen atoms in total. The Labute approximate surface area is 181 Å². The average molecular weight is 415 g/mol. The summed E-state index contributed by atoms with van der Waals surface area (Å²) >= 11 is 0. The van der Waals surface area contributed by atoms with Crippen molar-refractivity contribution in [2.45, 2.75) is 39.7 Å². The van der Waals surface area contributed by atoms with Crippen LogP contribution in [0.1, 0.15) is 50.8 Å². The smallest absolute Gasteiger partial charge is 0.234 e. The van der Waals surface area contributed by atoms with E-state index in [1.54, 1.807) is 6.08 Å². The second kappa shape index (κ2) is 11.9. The molecule has 1 unspecified atom stereocenters. The molecular weight excluding hydrogens is 376 g/mol. The lowest BCUT2D eigenvalue weighted by molar-refractivity contribution is -0.125. The Morgan fingerprint density at radius 2 is 1.43 bits per heavy atom. The van der Waals surface area contributed by atoms with E-state index in [-0.39, 0.29) is 17.9 Å². The predicted octanol–water partition coefficient (Wildman–Crippen LogP) is 2.54. The van der Waals surface area contributed by atoms with Crippen LogP contribution in [0, 0.1) is 5.92 Å². The molecule has 1 aliphatic rings. The Morgan fingerprint density at radius 1 is 0.933 bits per heavy atom. The number of amides is 2. The quantitative estimate of drug-likeness (QED) is 0.578. The number of carbonyl (C=O) groups excluding carboxylic acids is 2. The van der Waals surface area contributed by atoms with Crippen LogP contribution in [0.15, 0.2) is 36.9 Å². The zero-order valence-electron chi connectivity index (χ0n) is 19.0. The number of piperazine rings is 1. The fraction of sp³-hybridized carbons (Fsp3) is 0.583. The maximum atomic E-state index is 12.7. The normalized spacial score (nSPS) is 16.5. The summed E-state index contributed by atoms with van der Waals surface area (Å²) in [5.74, 6) is 0.880. The molecule has 1 saturated heterocycles. The van der Waals surface area contributed by atoms with Gasteiger partial charge in [0.05, 0.1) is 19.1 Å². The summed E-state index contributed by atoms with van der Waals surface area (Å²) in [5.41, 5.74) is 2.46. The van der Waals surface area contributed by atoms with E-state index in [4.69, 9.17) is 0 Å². The number of hydrogen-bond acceptors (Lipinski definition) is 4. The molecular formula is C24H38N4O2. The fourth-order valence-corrected chi connectivity index (χ4v) is 3.70. The molecule has 1 atom stereocenters. The molecule has 0 aliphatic carbocycles. The maximum absolute atomic E-state index is 12.7. The van der Waals surface area contributed by atoms with Crippen molar-refractivity contribution in [3.63, 3.8) is 0 Å². The van der Waals surface area contributed by atoms with Gasteiger partial charge in [0.15, 0.2) is 0 Å². The molecule has 2 N–H and O–H groups in total. The van der Waals surface area contributed by atoms with Gasteiger partial charge in [-0.15, -0.1) is 6.58 Å². The molecule has 0 bridgehead atoms. The minimum atomic E-state index is 0.00792. The second-order valence-corrected chi connectivity index (χ2v) is 8.76. The number of carbonyl (C=O) groups is 2. The minimum absolute atomic E-state index is 0.00792. The van der Waals surface area contributed by atoms with Crippen LogP contribution in [0.2, 0.25) is 0 Å². The Bertz CT molecular complexity index is 692. The lowest BCUT2D eigenvalue weighted by atomic mass is 9.93. The van der Waals surface area contributed by atoms with E-state index in [1.807, 2.05) is 0 Å². The molecule has 0 spiro atoms. The van der Waals surface area contributed by atoms with E-state index in [2.05, 4.69) is 79.0 Å². The highest BCUT2D eigenvalue weighted by Crippen LogP contribution is 2.24. The summed E-state index contributed by atoms with van der Waals surface area (Å²) in [6.45, 7) is 16.7. The molecule has 166 valence electrons. The SMILES string of the molecule is C=CCNC(=O)CN1CCN(CC(=O)NC(c2ccc(C(C)C)cc2)C(C)C)CC1. The van der Waals surface area contributed by atoms with Crippen molar-refractivity contribution in [3.05, 3.63) is 48.0 Å². The summed E-state index contributed by atoms with van der Waals surface area (Å²) in [5, 5.41) is 6.03. The Morgan fingerprint density at radius 3 is 1.90 bits per heavy atom. The zero-order chi connectivity index (χ0) is 22.1. The molecule has 0 radical (unpaired) electrons. The van der Waals surface area contributed by atoms with Crippen LogP contribution in [0.25, 0.3) is 0 Å². The number of rotatable bonds is 10. The fourth-order valence-electron chi connectivity index (χ4n) is 3.70. The molecule has 2 amide bonds. The number of nitrogens with zero attached hydrogens (tertiary/aromatic N) is 2. The van der Waals surface area contributed by atoms with Crippen LogP contribution in [-0.4, -0.2) is 67.4 Å². The zero-order valence-corrected chi connectivity index (χ0v) is 19.0. The first-order chi connectivity index (χ1) is 14.3. The standard InChI is InChI=1S/C24H38N4O2/c1-6-11-25-22(29)16-27-12-14-28(15-13-27)17-23(30)26-24(19(4)5)21-9-7-20(8-10-21)18(2)3/h6-10,18-19,24H,1,11-17H2,2-5H3,(H,25,29)(H,26,30). The van der Waals surface area contributed by atoms with Crippen molar-refractivity contribution in [2.24, 2.45) is 5.92 Å². The van der Waals surface area contributed by atoms with Gasteiger partial charge in [-0.1, -0.05) is 58.0 Å². The molecule has 1 heterocycles. The van der Waals surface area contributed by atoms with Gasteiger partial charge in [-0.3, -0.25) is 19.4 Å². The molecule has 1 aromatic rings. The number of nitrogens with one attached hydrogen (secondary N) is 2. The largest absolute Gasteiger partial charge is 0.352 e. The summed E-state index contributed by atoms with van der Waals surface area (Å²) in [4.78, 5) is 28.8. The summed E-state index contributed by atoms with van der Waals surface area (Å²) < 4.78 is 0. The maximum Gasteiger partial charge on any atom is 0.234 e. The first-order valence-corrected chi connectivity index (χ1v) is 11.0. The van der Waals surface area contributed by atoms with Crippen molar-refractivity contribution in [2.75, 3.05) is 45.8 Å². The van der Waals surface area contributed by atoms with Crippen molar-refractivity contribution in [1.29, 1.82) is 0 Å². The highest BCUT2D eigenvalue weighted by molar-refractivity contribution is 5.79. The van der Waals surface area contributed by atoms with Gasteiger partial charge in [-0.05, 0) is 23.0 Å². The van der Waals surface area contributed by atoms with Crippen LogP contribution in [0.3, 0.4) is 0 Å². The number of benzene rings is 1. The van der Waals surface area contributed by atoms with E-state index in [1.165, 1.54) is 5.56 Å². The van der Waals surface area contributed by atoms with Gasteiger partial charge in [0.2, 0.25) is 11.8 Å². The van der Waals surface area contributed by atoms with Crippen molar-refractivity contribution >= 4 is 11.8 Å². The van der Waals surface area contributed by atoms with Crippen LogP contribution < -0.4 is 10.6 Å². The van der Waals surface area contributed by atoms with E-state index in [9.17, 15) is 9.59 Å². The third-order valence-corrected chi connectivity index (χ3v) is 5.59. The van der Waals surface area contributed by atoms with Crippen molar-refractivity contribution < 1.29 is 9.59 Å². The third-order valence-electron chi connectivity index (χ3n) is 5.59. The number of hydrogen-bond donors (Lipinski definition) is 2. The van der Waals surface area contributed by atoms with Crippen LogP contribution >= 0.6 is 0 Å². The van der Waals surface area contributed by atoms with Gasteiger partial charge in [0, 0.05) is 32.7 Å². The third kappa shape index (κ3) is 7.58. The Kier molecular flexibility index (Phi) is 9.53. The van der Waals surface area contributed by atoms with Gasteiger partial charge in [0.25, 0.3) is 0 Å². The molecule has 30 heavy (non-hydrogen) atoms. The van der Waals surface area contributed by atoms with Gasteiger partial charge in [0.1, 0.15) is 0 Å². The van der Waals surface area contributed by atoms with E-state index in [0.717, 1.165) is 31.7 Å². The molecule has 0 saturated carbocycles. The highest BCUT2D eigenvalue weighted by atomic mass is 16.2. The van der Waals surface area contributed by atoms with E-state index in [0.29, 0.717) is 31.5 Å². The van der Waals surface area contributed by atoms with Crippen LogP contribution in [0.5, 0.6) is 0 Å². The lowest BCUT2D eigenvalue weighted by Gasteiger charge is -2.34. The average Bonchev–Trinajstić information content (AvgIpc) is 2.72. The Balaban J connectivity index is 1.82. The topological polar surface area (TPSA) is 64.7 Å². The molecule has 2 rings (SSSR count). The van der Waals surface area contributed by atoms with E-state index >= 15 is 0 Å². The van der Waals surface area contributed by atoms with Gasteiger partial charge < -0.3 is 10.6 Å². The Hall–Kier alpha value is -2.18. The molecule has 1 aliphatic heterocycles. The van der Waals surface area contributed by atoms with Gasteiger partial charge in [-0.25, -0.2) is 0 Å². The summed E-state index contributed by atoms with van der Waals surface area (Å²) in [6, 6.07) is 8.60. The minimum Gasteiger partial charge on any atom is -0.352 e.